The van der Waals surface area contributed by atoms with Crippen molar-refractivity contribution >= 4 is 44.6 Å². The lowest BCUT2D eigenvalue weighted by Crippen LogP contribution is -2.48. The number of nitrogens with one attached hydrogen (secondary N) is 1. The second kappa shape index (κ2) is 10.5. The van der Waals surface area contributed by atoms with Crippen molar-refractivity contribution in [2.45, 2.75) is 4.90 Å². The van der Waals surface area contributed by atoms with E-state index in [1.165, 1.54) is 23.5 Å². The molecule has 0 bridgehead atoms. The van der Waals surface area contributed by atoms with Crippen LogP contribution in [0, 0.1) is 0 Å². The number of carbonyl (C=O) groups is 1. The van der Waals surface area contributed by atoms with Gasteiger partial charge in [-0.25, -0.2) is 8.42 Å². The first kappa shape index (κ1) is 24.1. The maximum absolute atomic E-state index is 13.1. The van der Waals surface area contributed by atoms with Crippen molar-refractivity contribution in [3.63, 3.8) is 0 Å². The van der Waals surface area contributed by atoms with Gasteiger partial charge in [0.25, 0.3) is 10.0 Å². The zero-order chi connectivity index (χ0) is 24.1. The van der Waals surface area contributed by atoms with Gasteiger partial charge in [0.05, 0.1) is 27.8 Å². The quantitative estimate of drug-likeness (QED) is 0.534. The highest BCUT2D eigenvalue weighted by Gasteiger charge is 2.23. The number of rotatable bonds is 7. The molecule has 7 nitrogen and oxygen atoms in total. The van der Waals surface area contributed by atoms with E-state index in [2.05, 4.69) is 15.1 Å². The molecule has 1 amide bonds. The molecular weight excluding hydrogens is 472 g/mol. The van der Waals surface area contributed by atoms with Gasteiger partial charge in [-0.2, -0.15) is 0 Å². The molecule has 4 rings (SSSR count). The maximum atomic E-state index is 13.1. The smallest absolute Gasteiger partial charge is 0.264 e. The monoisotopic (exact) mass is 498 g/mol. The van der Waals surface area contributed by atoms with Gasteiger partial charge in [0.1, 0.15) is 0 Å². The van der Waals surface area contributed by atoms with E-state index in [4.69, 9.17) is 11.6 Å². The number of hydrogen-bond donors (Lipinski definition) is 1. The molecule has 34 heavy (non-hydrogen) atoms. The van der Waals surface area contributed by atoms with Crippen LogP contribution in [0.3, 0.4) is 0 Å². The van der Waals surface area contributed by atoms with Crippen LogP contribution < -0.4 is 14.5 Å². The Bertz CT molecular complexity index is 1250. The molecule has 1 saturated heterocycles. The van der Waals surface area contributed by atoms with Gasteiger partial charge < -0.3 is 10.2 Å². The van der Waals surface area contributed by atoms with Crippen molar-refractivity contribution < 1.29 is 13.2 Å². The van der Waals surface area contributed by atoms with Gasteiger partial charge in [0, 0.05) is 38.9 Å². The number of sulfonamides is 1. The molecule has 3 aromatic carbocycles. The predicted octanol–water partition coefficient (Wildman–Crippen LogP) is 3.93. The van der Waals surface area contributed by atoms with Crippen molar-refractivity contribution in [2.75, 3.05) is 54.3 Å². The maximum Gasteiger partial charge on any atom is 0.264 e. The van der Waals surface area contributed by atoms with E-state index >= 15 is 0 Å². The van der Waals surface area contributed by atoms with Gasteiger partial charge in [-0.05, 0) is 42.5 Å². The van der Waals surface area contributed by atoms with Crippen molar-refractivity contribution in [3.8, 4) is 0 Å². The van der Waals surface area contributed by atoms with Crippen LogP contribution in [0.5, 0.6) is 0 Å². The first-order chi connectivity index (χ1) is 16.3. The molecule has 9 heteroatoms. The molecule has 1 aliphatic heterocycles. The largest absolute Gasteiger partial charge is 0.368 e. The molecule has 178 valence electrons. The summed E-state index contributed by atoms with van der Waals surface area (Å²) in [5.41, 5.74) is 2.02. The van der Waals surface area contributed by atoms with Gasteiger partial charge in [0.15, 0.2) is 0 Å². The fraction of sp³-hybridized carbons (Fsp3) is 0.240. The third-order valence-electron chi connectivity index (χ3n) is 5.83. The number of piperazine rings is 1. The Morgan fingerprint density at radius 2 is 1.62 bits per heavy atom. The standard InChI is InChI=1S/C25H27ClN4O3S/c1-28(21-9-3-2-4-10-21)34(32,33)22-11-7-8-20(18-22)27-25(31)19-29-14-16-30(17-15-29)24-13-6-5-12-23(24)26/h2-13,18H,14-17,19H2,1H3,(H,27,31). The van der Waals surface area contributed by atoms with Crippen LogP contribution >= 0.6 is 11.6 Å². The fourth-order valence-electron chi connectivity index (χ4n) is 3.93. The SMILES string of the molecule is CN(c1ccccc1)S(=O)(=O)c1cccc(NC(=O)CN2CCN(c3ccccc3Cl)CC2)c1. The minimum Gasteiger partial charge on any atom is -0.368 e. The summed E-state index contributed by atoms with van der Waals surface area (Å²) in [6, 6.07) is 22.9. The van der Waals surface area contributed by atoms with Gasteiger partial charge in [-0.1, -0.05) is 48.0 Å². The molecule has 1 heterocycles. The second-order valence-electron chi connectivity index (χ2n) is 8.10. The van der Waals surface area contributed by atoms with Gasteiger partial charge in [-0.15, -0.1) is 0 Å². The van der Waals surface area contributed by atoms with Crippen LogP contribution in [0.2, 0.25) is 5.02 Å². The Morgan fingerprint density at radius 3 is 2.32 bits per heavy atom. The molecule has 1 aliphatic rings. The first-order valence-electron chi connectivity index (χ1n) is 11.0. The lowest BCUT2D eigenvalue weighted by atomic mass is 10.2. The van der Waals surface area contributed by atoms with E-state index in [1.54, 1.807) is 36.4 Å². The summed E-state index contributed by atoms with van der Waals surface area (Å²) in [5, 5.41) is 3.56. The van der Waals surface area contributed by atoms with Gasteiger partial charge in [0.2, 0.25) is 5.91 Å². The molecular formula is C25H27ClN4O3S. The summed E-state index contributed by atoms with van der Waals surface area (Å²) in [6.07, 6.45) is 0. The summed E-state index contributed by atoms with van der Waals surface area (Å²) >= 11 is 6.30. The van der Waals surface area contributed by atoms with Crippen LogP contribution in [-0.2, 0) is 14.8 Å². The van der Waals surface area contributed by atoms with Crippen molar-refractivity contribution in [2.24, 2.45) is 0 Å². The van der Waals surface area contributed by atoms with Crippen molar-refractivity contribution in [1.82, 2.24) is 4.90 Å². The minimum absolute atomic E-state index is 0.116. The number of anilines is 3. The number of para-hydroxylation sites is 2. The lowest BCUT2D eigenvalue weighted by Gasteiger charge is -2.36. The molecule has 0 atom stereocenters. The molecule has 0 unspecified atom stereocenters. The first-order valence-corrected chi connectivity index (χ1v) is 12.8. The van der Waals surface area contributed by atoms with E-state index in [0.29, 0.717) is 11.4 Å². The van der Waals surface area contributed by atoms with E-state index in [0.717, 1.165) is 36.9 Å². The average Bonchev–Trinajstić information content (AvgIpc) is 2.85. The van der Waals surface area contributed by atoms with Crippen molar-refractivity contribution in [3.05, 3.63) is 83.9 Å². The third-order valence-corrected chi connectivity index (χ3v) is 7.93. The van der Waals surface area contributed by atoms with Crippen LogP contribution in [0.4, 0.5) is 17.1 Å². The Hall–Kier alpha value is -3.07. The molecule has 1 N–H and O–H groups in total. The zero-order valence-electron chi connectivity index (χ0n) is 18.9. The highest BCUT2D eigenvalue weighted by molar-refractivity contribution is 7.92. The molecule has 0 spiro atoms. The number of amides is 1. The van der Waals surface area contributed by atoms with E-state index in [1.807, 2.05) is 30.3 Å². The fourth-order valence-corrected chi connectivity index (χ4v) is 5.42. The Kier molecular flexibility index (Phi) is 7.41. The predicted molar refractivity (Wildman–Crippen MR) is 137 cm³/mol. The highest BCUT2D eigenvalue weighted by Crippen LogP contribution is 2.26. The number of carbonyl (C=O) groups excluding carboxylic acids is 1. The summed E-state index contributed by atoms with van der Waals surface area (Å²) in [5.74, 6) is -0.183. The lowest BCUT2D eigenvalue weighted by molar-refractivity contribution is -0.117. The molecule has 0 radical (unpaired) electrons. The average molecular weight is 499 g/mol. The molecule has 0 saturated carbocycles. The van der Waals surface area contributed by atoms with Crippen LogP contribution in [0.25, 0.3) is 0 Å². The normalized spacial score (nSPS) is 14.6. The van der Waals surface area contributed by atoms with E-state index < -0.39 is 10.0 Å². The molecule has 1 fully saturated rings. The molecule has 3 aromatic rings. The van der Waals surface area contributed by atoms with Crippen LogP contribution in [-0.4, -0.2) is 59.0 Å². The van der Waals surface area contributed by atoms with Gasteiger partial charge >= 0.3 is 0 Å². The highest BCUT2D eigenvalue weighted by atomic mass is 35.5. The van der Waals surface area contributed by atoms with E-state index in [9.17, 15) is 13.2 Å². The topological polar surface area (TPSA) is 73.0 Å². The van der Waals surface area contributed by atoms with Gasteiger partial charge in [-0.3, -0.25) is 14.0 Å². The minimum atomic E-state index is -3.76. The number of halogens is 1. The van der Waals surface area contributed by atoms with Crippen LogP contribution in [0.15, 0.2) is 83.8 Å². The number of nitrogens with zero attached hydrogens (tertiary/aromatic N) is 3. The van der Waals surface area contributed by atoms with E-state index in [-0.39, 0.29) is 17.3 Å². The van der Waals surface area contributed by atoms with Crippen molar-refractivity contribution in [1.29, 1.82) is 0 Å². The Morgan fingerprint density at radius 1 is 0.941 bits per heavy atom. The summed E-state index contributed by atoms with van der Waals surface area (Å²) < 4.78 is 27.3. The Balaban J connectivity index is 1.35. The third kappa shape index (κ3) is 5.52. The number of hydrogen-bond acceptors (Lipinski definition) is 5. The summed E-state index contributed by atoms with van der Waals surface area (Å²) in [6.45, 7) is 3.24. The summed E-state index contributed by atoms with van der Waals surface area (Å²) in [7, 11) is -2.25. The Labute approximate surface area is 205 Å². The molecule has 0 aromatic heterocycles. The number of benzene rings is 3. The van der Waals surface area contributed by atoms with Crippen LogP contribution in [0.1, 0.15) is 0 Å². The second-order valence-corrected chi connectivity index (χ2v) is 10.5. The molecule has 0 aliphatic carbocycles. The summed E-state index contributed by atoms with van der Waals surface area (Å²) in [4.78, 5) is 17.1. The zero-order valence-corrected chi connectivity index (χ0v) is 20.5.